The molecule has 0 bridgehead atoms. The van der Waals surface area contributed by atoms with Crippen LogP contribution in [0.5, 0.6) is 0 Å². The van der Waals surface area contributed by atoms with Crippen molar-refractivity contribution < 1.29 is 40.3 Å². The van der Waals surface area contributed by atoms with E-state index in [-0.39, 0.29) is 10.6 Å². The quantitative estimate of drug-likeness (QED) is 0.176. The molecule has 4 nitrogen and oxygen atoms in total. The average Bonchev–Trinajstić information content (AvgIpc) is 2.80. The van der Waals surface area contributed by atoms with E-state index in [1.807, 2.05) is 0 Å². The van der Waals surface area contributed by atoms with Crippen LogP contribution in [0.4, 0.5) is 42.1 Å². The van der Waals surface area contributed by atoms with Gasteiger partial charge < -0.3 is 10.6 Å². The standard InChI is InChI=1S/C23H13Cl2F7N2O2S/c1-9(21(35)34-20-18(28)16(26)15(23(30,31)32)17(27)19(20)29)37-12-5-3-11(4-6-12)33-22(36)13-7-2-10(24)8-14(13)25/h2-9H,1H3,(H,33,36)(H,34,35). The van der Waals surface area contributed by atoms with Gasteiger partial charge in [-0.15, -0.1) is 11.8 Å². The number of carbonyl (C=O) groups excluding carboxylic acids is 2. The molecule has 0 heterocycles. The van der Waals surface area contributed by atoms with E-state index in [1.165, 1.54) is 49.4 Å². The van der Waals surface area contributed by atoms with Crippen LogP contribution in [-0.2, 0) is 11.0 Å². The summed E-state index contributed by atoms with van der Waals surface area (Å²) in [6, 6.07) is 10.3. The number of carbonyl (C=O) groups is 2. The van der Waals surface area contributed by atoms with Crippen molar-refractivity contribution in [2.45, 2.75) is 23.2 Å². The lowest BCUT2D eigenvalue weighted by Crippen LogP contribution is -2.25. The van der Waals surface area contributed by atoms with Crippen molar-refractivity contribution >= 4 is 58.2 Å². The van der Waals surface area contributed by atoms with Gasteiger partial charge in [-0.05, 0) is 49.4 Å². The number of thioether (sulfide) groups is 1. The van der Waals surface area contributed by atoms with Gasteiger partial charge in [-0.3, -0.25) is 9.59 Å². The van der Waals surface area contributed by atoms with Gasteiger partial charge in [0, 0.05) is 15.6 Å². The lowest BCUT2D eigenvalue weighted by molar-refractivity contribution is -0.143. The number of halogens is 9. The Labute approximate surface area is 219 Å². The van der Waals surface area contributed by atoms with Gasteiger partial charge in [0.15, 0.2) is 23.3 Å². The maximum Gasteiger partial charge on any atom is 0.422 e. The van der Waals surface area contributed by atoms with E-state index >= 15 is 0 Å². The van der Waals surface area contributed by atoms with Crippen LogP contribution in [0.2, 0.25) is 10.0 Å². The first-order valence-corrected chi connectivity index (χ1v) is 11.6. The Morgan fingerprint density at radius 1 is 0.865 bits per heavy atom. The normalized spacial score (nSPS) is 12.3. The summed E-state index contributed by atoms with van der Waals surface area (Å²) in [5.41, 5.74) is -3.89. The number of amides is 2. The number of nitrogens with one attached hydrogen (secondary N) is 2. The van der Waals surface area contributed by atoms with Gasteiger partial charge in [0.05, 0.1) is 15.8 Å². The van der Waals surface area contributed by atoms with Crippen molar-refractivity contribution in [3.63, 3.8) is 0 Å². The van der Waals surface area contributed by atoms with Gasteiger partial charge in [-0.1, -0.05) is 23.2 Å². The minimum absolute atomic E-state index is 0.137. The molecule has 1 unspecified atom stereocenters. The smallest absolute Gasteiger partial charge is 0.322 e. The average molecular weight is 585 g/mol. The summed E-state index contributed by atoms with van der Waals surface area (Å²) in [4.78, 5) is 25.2. The molecule has 0 aromatic heterocycles. The summed E-state index contributed by atoms with van der Waals surface area (Å²) in [5.74, 6) is -11.8. The van der Waals surface area contributed by atoms with Crippen molar-refractivity contribution in [2.75, 3.05) is 10.6 Å². The highest BCUT2D eigenvalue weighted by molar-refractivity contribution is 8.00. The molecule has 0 aliphatic heterocycles. The molecule has 196 valence electrons. The molecular weight excluding hydrogens is 572 g/mol. The monoisotopic (exact) mass is 584 g/mol. The van der Waals surface area contributed by atoms with Crippen molar-refractivity contribution in [3.8, 4) is 0 Å². The maximum atomic E-state index is 14.0. The molecule has 0 spiro atoms. The lowest BCUT2D eigenvalue weighted by Gasteiger charge is -2.16. The van der Waals surface area contributed by atoms with Crippen LogP contribution in [0.1, 0.15) is 22.8 Å². The molecule has 37 heavy (non-hydrogen) atoms. The highest BCUT2D eigenvalue weighted by atomic mass is 35.5. The van der Waals surface area contributed by atoms with Crippen LogP contribution < -0.4 is 10.6 Å². The molecule has 3 aromatic carbocycles. The van der Waals surface area contributed by atoms with Crippen LogP contribution in [0, 0.1) is 23.3 Å². The first-order chi connectivity index (χ1) is 17.2. The summed E-state index contributed by atoms with van der Waals surface area (Å²) in [6.45, 7) is 1.28. The van der Waals surface area contributed by atoms with E-state index in [9.17, 15) is 40.3 Å². The molecule has 0 saturated heterocycles. The molecule has 0 aliphatic rings. The topological polar surface area (TPSA) is 58.2 Å². The molecular formula is C23H13Cl2F7N2O2S. The lowest BCUT2D eigenvalue weighted by atomic mass is 10.1. The van der Waals surface area contributed by atoms with E-state index < -0.39 is 57.8 Å². The van der Waals surface area contributed by atoms with Gasteiger partial charge >= 0.3 is 6.18 Å². The molecule has 3 aromatic rings. The summed E-state index contributed by atoms with van der Waals surface area (Å²) in [5, 5.41) is 3.56. The Kier molecular flexibility index (Phi) is 8.66. The second kappa shape index (κ2) is 11.2. The van der Waals surface area contributed by atoms with Crippen molar-refractivity contribution in [2.24, 2.45) is 0 Å². The molecule has 0 fully saturated rings. The SMILES string of the molecule is CC(Sc1ccc(NC(=O)c2ccc(Cl)cc2Cl)cc1)C(=O)Nc1c(F)c(F)c(C(F)(F)F)c(F)c1F. The van der Waals surface area contributed by atoms with E-state index in [2.05, 4.69) is 5.32 Å². The molecule has 0 radical (unpaired) electrons. The predicted molar refractivity (Wildman–Crippen MR) is 126 cm³/mol. The van der Waals surface area contributed by atoms with Crippen molar-refractivity contribution in [1.82, 2.24) is 0 Å². The summed E-state index contributed by atoms with van der Waals surface area (Å²) >= 11 is 12.7. The second-order valence-electron chi connectivity index (χ2n) is 7.36. The van der Waals surface area contributed by atoms with E-state index in [0.29, 0.717) is 15.6 Å². The van der Waals surface area contributed by atoms with Crippen LogP contribution in [0.3, 0.4) is 0 Å². The fourth-order valence-electron chi connectivity index (χ4n) is 2.96. The minimum atomic E-state index is -5.70. The summed E-state index contributed by atoms with van der Waals surface area (Å²) in [6.07, 6.45) is -5.70. The van der Waals surface area contributed by atoms with E-state index in [1.54, 1.807) is 5.32 Å². The second-order valence-corrected chi connectivity index (χ2v) is 9.61. The van der Waals surface area contributed by atoms with Crippen LogP contribution in [0.25, 0.3) is 0 Å². The third-order valence-electron chi connectivity index (χ3n) is 4.77. The zero-order valence-electron chi connectivity index (χ0n) is 18.2. The van der Waals surface area contributed by atoms with Crippen molar-refractivity contribution in [1.29, 1.82) is 0 Å². The number of alkyl halides is 3. The molecule has 0 saturated carbocycles. The third kappa shape index (κ3) is 6.49. The fraction of sp³-hybridized carbons (Fsp3) is 0.130. The first-order valence-electron chi connectivity index (χ1n) is 9.97. The number of anilines is 2. The van der Waals surface area contributed by atoms with E-state index in [4.69, 9.17) is 23.2 Å². The Morgan fingerprint density at radius 2 is 1.43 bits per heavy atom. The number of benzene rings is 3. The predicted octanol–water partition coefficient (Wildman–Crippen LogP) is 7.94. The number of hydrogen-bond donors (Lipinski definition) is 2. The molecule has 0 aliphatic carbocycles. The molecule has 1 atom stereocenters. The highest BCUT2D eigenvalue weighted by Gasteiger charge is 2.42. The van der Waals surface area contributed by atoms with Gasteiger partial charge in [-0.2, -0.15) is 13.2 Å². The summed E-state index contributed by atoms with van der Waals surface area (Å²) < 4.78 is 93.8. The van der Waals surface area contributed by atoms with Crippen LogP contribution in [0.15, 0.2) is 47.4 Å². The van der Waals surface area contributed by atoms with Gasteiger partial charge in [-0.25, -0.2) is 17.6 Å². The zero-order chi connectivity index (χ0) is 27.7. The Bertz CT molecular complexity index is 1340. The van der Waals surface area contributed by atoms with Crippen LogP contribution >= 0.6 is 35.0 Å². The Morgan fingerprint density at radius 3 is 1.95 bits per heavy atom. The fourth-order valence-corrected chi connectivity index (χ4v) is 4.32. The van der Waals surface area contributed by atoms with Gasteiger partial charge in [0.25, 0.3) is 5.91 Å². The van der Waals surface area contributed by atoms with Crippen LogP contribution in [-0.4, -0.2) is 17.1 Å². The summed E-state index contributed by atoms with van der Waals surface area (Å²) in [7, 11) is 0. The Balaban J connectivity index is 1.69. The Hall–Kier alpha value is -2.96. The van der Waals surface area contributed by atoms with E-state index in [0.717, 1.165) is 11.8 Å². The molecule has 14 heteroatoms. The first kappa shape index (κ1) is 28.6. The molecule has 2 amide bonds. The highest BCUT2D eigenvalue weighted by Crippen LogP contribution is 2.38. The van der Waals surface area contributed by atoms with Gasteiger partial charge in [0.1, 0.15) is 11.3 Å². The minimum Gasteiger partial charge on any atom is -0.322 e. The van der Waals surface area contributed by atoms with Gasteiger partial charge in [0.2, 0.25) is 5.91 Å². The zero-order valence-corrected chi connectivity index (χ0v) is 20.6. The third-order valence-corrected chi connectivity index (χ3v) is 6.42. The largest absolute Gasteiger partial charge is 0.422 e. The maximum absolute atomic E-state index is 14.0. The number of rotatable bonds is 6. The van der Waals surface area contributed by atoms with Crippen molar-refractivity contribution in [3.05, 3.63) is 86.9 Å². The number of hydrogen-bond acceptors (Lipinski definition) is 3. The molecule has 2 N–H and O–H groups in total. The molecule has 3 rings (SSSR count).